The van der Waals surface area contributed by atoms with Crippen molar-refractivity contribution >= 4 is 39.8 Å². The molecule has 1 amide bonds. The number of carbonyl (C=O) groups is 1. The van der Waals surface area contributed by atoms with Crippen molar-refractivity contribution < 1.29 is 18.7 Å². The lowest BCUT2D eigenvalue weighted by Crippen LogP contribution is -2.56. The highest BCUT2D eigenvalue weighted by Gasteiger charge is 2.41. The first-order valence-electron chi connectivity index (χ1n) is 15.1. The third-order valence-corrected chi connectivity index (χ3v) is 9.16. The molecule has 10 nitrogen and oxygen atoms in total. The molecule has 2 aromatic carbocycles. The molecule has 45 heavy (non-hydrogen) atoms. The minimum absolute atomic E-state index is 0.105. The van der Waals surface area contributed by atoms with E-state index in [2.05, 4.69) is 26.1 Å². The van der Waals surface area contributed by atoms with Gasteiger partial charge >= 0.3 is 6.01 Å². The predicted molar refractivity (Wildman–Crippen MR) is 172 cm³/mol. The van der Waals surface area contributed by atoms with Gasteiger partial charge in [0.25, 0.3) is 0 Å². The SMILES string of the molecule is [C-]#[N+]C[C@H]1CN(c2nc(OCC3(CN(C)C)COC3)nc3c2CCN(c2cccc4ccc(F)c(Cl)c24)C3)CCN1C(=O)C=C. The Balaban J connectivity index is 1.35. The molecule has 0 aliphatic carbocycles. The number of amides is 1. The number of ether oxygens (including phenoxy) is 2. The molecule has 3 aliphatic rings. The minimum atomic E-state index is -0.455. The van der Waals surface area contributed by atoms with E-state index >= 15 is 0 Å². The number of rotatable bonds is 9. The normalized spacial score (nSPS) is 19.2. The van der Waals surface area contributed by atoms with E-state index < -0.39 is 5.82 Å². The quantitative estimate of drug-likeness (QED) is 0.258. The van der Waals surface area contributed by atoms with Crippen LogP contribution in [-0.2, 0) is 22.5 Å². The fourth-order valence-electron chi connectivity index (χ4n) is 6.69. The molecule has 4 heterocycles. The van der Waals surface area contributed by atoms with Gasteiger partial charge in [0.2, 0.25) is 12.5 Å². The Labute approximate surface area is 267 Å². The van der Waals surface area contributed by atoms with E-state index in [-0.39, 0.29) is 34.9 Å². The van der Waals surface area contributed by atoms with Gasteiger partial charge in [-0.3, -0.25) is 4.79 Å². The van der Waals surface area contributed by atoms with Crippen LogP contribution in [0.5, 0.6) is 6.01 Å². The second-order valence-electron chi connectivity index (χ2n) is 12.4. The van der Waals surface area contributed by atoms with Crippen molar-refractivity contribution in [1.82, 2.24) is 19.8 Å². The van der Waals surface area contributed by atoms with Crippen LogP contribution in [0.4, 0.5) is 15.9 Å². The third-order valence-electron chi connectivity index (χ3n) is 8.79. The maximum absolute atomic E-state index is 14.6. The zero-order valence-corrected chi connectivity index (χ0v) is 26.4. The summed E-state index contributed by atoms with van der Waals surface area (Å²) in [6.45, 7) is 16.3. The monoisotopic (exact) mass is 633 g/mol. The molecule has 0 radical (unpaired) electrons. The van der Waals surface area contributed by atoms with Crippen molar-refractivity contribution in [3.05, 3.63) is 76.5 Å². The lowest BCUT2D eigenvalue weighted by molar-refractivity contribution is -0.140. The molecule has 3 aromatic rings. The Morgan fingerprint density at radius 3 is 2.78 bits per heavy atom. The molecule has 2 fully saturated rings. The van der Waals surface area contributed by atoms with Crippen LogP contribution in [-0.4, -0.2) is 105 Å². The highest BCUT2D eigenvalue weighted by molar-refractivity contribution is 6.36. The van der Waals surface area contributed by atoms with Crippen molar-refractivity contribution in [2.24, 2.45) is 5.41 Å². The second kappa shape index (κ2) is 12.8. The summed E-state index contributed by atoms with van der Waals surface area (Å²) in [6, 6.07) is 8.97. The van der Waals surface area contributed by atoms with Gasteiger partial charge in [-0.1, -0.05) is 36.4 Å². The van der Waals surface area contributed by atoms with Gasteiger partial charge in [-0.2, -0.15) is 9.97 Å². The minimum Gasteiger partial charge on any atom is -0.463 e. The molecule has 236 valence electrons. The summed E-state index contributed by atoms with van der Waals surface area (Å²) >= 11 is 6.50. The van der Waals surface area contributed by atoms with Crippen LogP contribution in [0.25, 0.3) is 15.6 Å². The molecular weight excluding hydrogens is 597 g/mol. The van der Waals surface area contributed by atoms with Gasteiger partial charge in [-0.15, -0.1) is 0 Å². The zero-order valence-electron chi connectivity index (χ0n) is 25.6. The summed E-state index contributed by atoms with van der Waals surface area (Å²) in [5.41, 5.74) is 2.53. The number of fused-ring (bicyclic) bond motifs is 2. The fraction of sp³-hybridized carbons (Fsp3) is 0.455. The number of anilines is 2. The number of nitrogens with zero attached hydrogens (tertiary/aromatic N) is 7. The lowest BCUT2D eigenvalue weighted by Gasteiger charge is -2.43. The highest BCUT2D eigenvalue weighted by Crippen LogP contribution is 2.38. The third kappa shape index (κ3) is 6.15. The maximum Gasteiger partial charge on any atom is 0.318 e. The van der Waals surface area contributed by atoms with E-state index in [1.54, 1.807) is 11.0 Å². The van der Waals surface area contributed by atoms with Crippen LogP contribution >= 0.6 is 11.6 Å². The van der Waals surface area contributed by atoms with Crippen LogP contribution in [0.1, 0.15) is 11.3 Å². The molecule has 0 bridgehead atoms. The van der Waals surface area contributed by atoms with Crippen LogP contribution in [0.3, 0.4) is 0 Å². The van der Waals surface area contributed by atoms with E-state index in [0.29, 0.717) is 64.4 Å². The standard InChI is InChI=1S/C33H37ClFN7O3/c1-5-28(43)42-14-13-41(16-23(42)15-36-2)31-24-11-12-40(27-8-6-7-22-9-10-25(35)30(34)29(22)27)17-26(24)37-32(38-31)45-21-33(18-39(3)4)19-44-20-33/h5-10,23H,1,11-21H2,3-4H3/t23-/m0/s1. The number of carbonyl (C=O) groups excluding carboxylic acids is 1. The average molecular weight is 634 g/mol. The van der Waals surface area contributed by atoms with Crippen molar-refractivity contribution in [1.29, 1.82) is 0 Å². The van der Waals surface area contributed by atoms with Crippen molar-refractivity contribution in [3.8, 4) is 6.01 Å². The van der Waals surface area contributed by atoms with Gasteiger partial charge in [0.05, 0.1) is 35.9 Å². The molecule has 12 heteroatoms. The molecule has 6 rings (SSSR count). The largest absolute Gasteiger partial charge is 0.463 e. The lowest BCUT2D eigenvalue weighted by atomic mass is 9.86. The first-order valence-corrected chi connectivity index (χ1v) is 15.5. The molecule has 0 saturated carbocycles. The smallest absolute Gasteiger partial charge is 0.318 e. The second-order valence-corrected chi connectivity index (χ2v) is 12.7. The number of halogens is 2. The summed E-state index contributed by atoms with van der Waals surface area (Å²) in [5.74, 6) is 0.139. The molecular formula is C33H37ClFN7O3. The first kappa shape index (κ1) is 31.0. The van der Waals surface area contributed by atoms with Gasteiger partial charge < -0.3 is 33.9 Å². The van der Waals surface area contributed by atoms with Gasteiger partial charge in [0.1, 0.15) is 24.3 Å². The molecule has 1 aromatic heterocycles. The Hall–Kier alpha value is -3.98. The summed E-state index contributed by atoms with van der Waals surface area (Å²) in [4.78, 5) is 34.2. The van der Waals surface area contributed by atoms with Crippen molar-refractivity contribution in [2.75, 3.05) is 83.0 Å². The van der Waals surface area contributed by atoms with Gasteiger partial charge in [0.15, 0.2) is 0 Å². The summed E-state index contributed by atoms with van der Waals surface area (Å²) in [6.07, 6.45) is 1.95. The molecule has 0 unspecified atom stereocenters. The highest BCUT2D eigenvalue weighted by atomic mass is 35.5. The van der Waals surface area contributed by atoms with Gasteiger partial charge in [-0.05, 0) is 44.1 Å². The predicted octanol–water partition coefficient (Wildman–Crippen LogP) is 4.06. The van der Waals surface area contributed by atoms with E-state index in [1.807, 2.05) is 32.3 Å². The molecule has 2 saturated heterocycles. The van der Waals surface area contributed by atoms with E-state index in [4.69, 9.17) is 37.6 Å². The van der Waals surface area contributed by atoms with Gasteiger partial charge in [-0.25, -0.2) is 11.0 Å². The maximum atomic E-state index is 14.6. The summed E-state index contributed by atoms with van der Waals surface area (Å²) in [5, 5.41) is 1.64. The Morgan fingerprint density at radius 2 is 2.07 bits per heavy atom. The summed E-state index contributed by atoms with van der Waals surface area (Å²) in [7, 11) is 4.06. The Bertz CT molecular complexity index is 1660. The van der Waals surface area contributed by atoms with Crippen LogP contribution in [0.15, 0.2) is 43.0 Å². The topological polar surface area (TPSA) is 78.6 Å². The van der Waals surface area contributed by atoms with Crippen LogP contribution < -0.4 is 14.5 Å². The van der Waals surface area contributed by atoms with Crippen LogP contribution in [0.2, 0.25) is 5.02 Å². The van der Waals surface area contributed by atoms with Crippen molar-refractivity contribution in [2.45, 2.75) is 19.0 Å². The molecule has 0 N–H and O–H groups in total. The van der Waals surface area contributed by atoms with E-state index in [1.165, 1.54) is 12.1 Å². The number of piperazine rings is 1. The van der Waals surface area contributed by atoms with Crippen molar-refractivity contribution in [3.63, 3.8) is 0 Å². The molecule has 1 atom stereocenters. The summed E-state index contributed by atoms with van der Waals surface area (Å²) < 4.78 is 26.5. The van der Waals surface area contributed by atoms with Gasteiger partial charge in [0, 0.05) is 49.4 Å². The zero-order chi connectivity index (χ0) is 31.7. The Morgan fingerprint density at radius 1 is 1.24 bits per heavy atom. The number of aromatic nitrogens is 2. The first-order chi connectivity index (χ1) is 21.7. The molecule has 0 spiro atoms. The average Bonchev–Trinajstić information content (AvgIpc) is 3.02. The number of hydrogen-bond donors (Lipinski definition) is 0. The molecule has 3 aliphatic heterocycles. The van der Waals surface area contributed by atoms with E-state index in [0.717, 1.165) is 34.7 Å². The fourth-order valence-corrected chi connectivity index (χ4v) is 6.96. The van der Waals surface area contributed by atoms with E-state index in [9.17, 15) is 9.18 Å². The number of hydrogen-bond acceptors (Lipinski definition) is 8. The van der Waals surface area contributed by atoms with Crippen LogP contribution in [0, 0.1) is 17.8 Å². The Kier molecular flexibility index (Phi) is 8.82. The number of benzene rings is 2.